The largest absolute Gasteiger partial charge is 0.487 e. The number of amides is 4. The summed E-state index contributed by atoms with van der Waals surface area (Å²) in [5.41, 5.74) is 0.993. The highest BCUT2D eigenvalue weighted by molar-refractivity contribution is 6.39. The molecule has 9 nitrogen and oxygen atoms in total. The fourth-order valence-corrected chi connectivity index (χ4v) is 4.32. The van der Waals surface area contributed by atoms with Gasteiger partial charge in [0, 0.05) is 12.1 Å². The Bertz CT molecular complexity index is 1640. The van der Waals surface area contributed by atoms with Gasteiger partial charge in [-0.15, -0.1) is 0 Å². The van der Waals surface area contributed by atoms with E-state index >= 15 is 0 Å². The second-order valence-electron chi connectivity index (χ2n) is 8.35. The molecule has 1 N–H and O–H groups in total. The molecular formula is C28H18ClN3O6. The molecule has 1 fully saturated rings. The lowest BCUT2D eigenvalue weighted by atomic mass is 10.1. The summed E-state index contributed by atoms with van der Waals surface area (Å²) in [5.74, 6) is -1.32. The molecule has 0 spiro atoms. The number of hydrogen-bond acceptors (Lipinski definition) is 6. The Morgan fingerprint density at radius 1 is 0.947 bits per heavy atom. The van der Waals surface area contributed by atoms with Crippen molar-refractivity contribution in [1.82, 2.24) is 5.32 Å². The van der Waals surface area contributed by atoms with E-state index in [2.05, 4.69) is 5.32 Å². The van der Waals surface area contributed by atoms with E-state index in [9.17, 15) is 24.5 Å². The number of non-ortho nitro benzene ring substituents is 1. The maximum absolute atomic E-state index is 13.1. The summed E-state index contributed by atoms with van der Waals surface area (Å²) in [6, 6.07) is 22.6. The second kappa shape index (κ2) is 10.2. The topological polar surface area (TPSA) is 119 Å². The van der Waals surface area contributed by atoms with Crippen LogP contribution in [0.4, 0.5) is 16.2 Å². The molecule has 1 aliphatic heterocycles. The number of imide groups is 2. The number of anilines is 1. The zero-order chi connectivity index (χ0) is 26.8. The Kier molecular flexibility index (Phi) is 6.59. The van der Waals surface area contributed by atoms with E-state index in [1.807, 2.05) is 42.5 Å². The van der Waals surface area contributed by atoms with Gasteiger partial charge in [-0.2, -0.15) is 0 Å². The molecular weight excluding hydrogens is 510 g/mol. The molecule has 4 amide bonds. The molecule has 4 aromatic carbocycles. The second-order valence-corrected chi connectivity index (χ2v) is 8.76. The van der Waals surface area contributed by atoms with Gasteiger partial charge in [0.2, 0.25) is 0 Å². The highest BCUT2D eigenvalue weighted by Gasteiger charge is 2.37. The van der Waals surface area contributed by atoms with E-state index in [-0.39, 0.29) is 28.6 Å². The third-order valence-corrected chi connectivity index (χ3v) is 6.25. The molecule has 1 heterocycles. The number of ether oxygens (including phenoxy) is 1. The quantitative estimate of drug-likeness (QED) is 0.150. The lowest BCUT2D eigenvalue weighted by molar-refractivity contribution is -0.384. The van der Waals surface area contributed by atoms with Crippen molar-refractivity contribution in [3.05, 3.63) is 117 Å². The summed E-state index contributed by atoms with van der Waals surface area (Å²) in [5, 5.41) is 15.5. The van der Waals surface area contributed by atoms with Crippen molar-refractivity contribution in [2.45, 2.75) is 6.61 Å². The summed E-state index contributed by atoms with van der Waals surface area (Å²) in [6.07, 6.45) is 1.31. The first-order valence-corrected chi connectivity index (χ1v) is 11.7. The van der Waals surface area contributed by atoms with Gasteiger partial charge in [0.1, 0.15) is 17.9 Å². The van der Waals surface area contributed by atoms with Crippen LogP contribution in [0.1, 0.15) is 11.1 Å². The average molecular weight is 528 g/mol. The fraction of sp³-hybridized carbons (Fsp3) is 0.0357. The van der Waals surface area contributed by atoms with Crippen molar-refractivity contribution < 1.29 is 24.0 Å². The molecule has 4 aromatic rings. The van der Waals surface area contributed by atoms with Crippen molar-refractivity contribution in [3.63, 3.8) is 0 Å². The molecule has 10 heteroatoms. The molecule has 0 saturated carbocycles. The van der Waals surface area contributed by atoms with Gasteiger partial charge in [0.25, 0.3) is 17.5 Å². The number of urea groups is 1. The van der Waals surface area contributed by atoms with E-state index in [4.69, 9.17) is 16.3 Å². The van der Waals surface area contributed by atoms with Gasteiger partial charge in [-0.1, -0.05) is 60.1 Å². The van der Waals surface area contributed by atoms with Gasteiger partial charge < -0.3 is 4.74 Å². The summed E-state index contributed by atoms with van der Waals surface area (Å²) >= 11 is 6.43. The summed E-state index contributed by atoms with van der Waals surface area (Å²) in [4.78, 5) is 49.0. The van der Waals surface area contributed by atoms with Gasteiger partial charge >= 0.3 is 6.03 Å². The number of halogens is 1. The van der Waals surface area contributed by atoms with Gasteiger partial charge in [-0.3, -0.25) is 25.0 Å². The molecule has 0 aliphatic carbocycles. The summed E-state index contributed by atoms with van der Waals surface area (Å²) in [6.45, 7) is 0.286. The third-order valence-electron chi connectivity index (χ3n) is 5.95. The van der Waals surface area contributed by atoms with E-state index < -0.39 is 22.8 Å². The molecule has 38 heavy (non-hydrogen) atoms. The summed E-state index contributed by atoms with van der Waals surface area (Å²) in [7, 11) is 0. The Morgan fingerprint density at radius 3 is 2.42 bits per heavy atom. The van der Waals surface area contributed by atoms with Crippen molar-refractivity contribution in [3.8, 4) is 5.75 Å². The Hall–Kier alpha value is -5.02. The number of barbiturate groups is 1. The van der Waals surface area contributed by atoms with E-state index in [0.717, 1.165) is 33.4 Å². The van der Waals surface area contributed by atoms with Crippen LogP contribution in [0.25, 0.3) is 16.8 Å². The first-order valence-electron chi connectivity index (χ1n) is 11.4. The number of nitro benzene ring substituents is 1. The van der Waals surface area contributed by atoms with Crippen LogP contribution < -0.4 is 15.0 Å². The van der Waals surface area contributed by atoms with E-state index in [1.165, 1.54) is 18.2 Å². The van der Waals surface area contributed by atoms with Crippen molar-refractivity contribution in [1.29, 1.82) is 0 Å². The normalized spacial score (nSPS) is 14.6. The van der Waals surface area contributed by atoms with Crippen LogP contribution in [-0.4, -0.2) is 22.8 Å². The van der Waals surface area contributed by atoms with Crippen LogP contribution in [0.5, 0.6) is 5.75 Å². The SMILES string of the molecule is O=C1NC(=O)N(c2ccc([N+](=O)[O-])cc2)C(=O)/C1=C/c1ccc(OCc2cccc3ccccc23)c(Cl)c1. The number of rotatable bonds is 6. The van der Waals surface area contributed by atoms with E-state index in [0.29, 0.717) is 11.3 Å². The molecule has 0 bridgehead atoms. The number of fused-ring (bicyclic) bond motifs is 1. The maximum atomic E-state index is 13.1. The maximum Gasteiger partial charge on any atom is 0.335 e. The lowest BCUT2D eigenvalue weighted by Crippen LogP contribution is -2.54. The highest BCUT2D eigenvalue weighted by Crippen LogP contribution is 2.30. The smallest absolute Gasteiger partial charge is 0.335 e. The van der Waals surface area contributed by atoms with Gasteiger partial charge in [0.05, 0.1) is 15.6 Å². The van der Waals surface area contributed by atoms with Crippen LogP contribution in [-0.2, 0) is 16.2 Å². The Balaban J connectivity index is 1.37. The standard InChI is InChI=1S/C28H18ClN3O6/c29-24-15-17(8-13-25(24)38-16-19-6-3-5-18-4-1-2-7-22(18)19)14-23-26(33)30-28(35)31(27(23)34)20-9-11-21(12-10-20)32(36)37/h1-15H,16H2,(H,30,33,35)/b23-14+. The number of benzene rings is 4. The minimum atomic E-state index is -0.957. The number of nitrogens with one attached hydrogen (secondary N) is 1. The molecule has 0 unspecified atom stereocenters. The molecule has 0 aromatic heterocycles. The number of carbonyl (C=O) groups excluding carboxylic acids is 3. The zero-order valence-electron chi connectivity index (χ0n) is 19.6. The predicted molar refractivity (Wildman–Crippen MR) is 142 cm³/mol. The van der Waals surface area contributed by atoms with Crippen LogP contribution in [0.2, 0.25) is 5.02 Å². The van der Waals surface area contributed by atoms with Crippen LogP contribution in [0, 0.1) is 10.1 Å². The van der Waals surface area contributed by atoms with Crippen molar-refractivity contribution in [2.75, 3.05) is 4.90 Å². The lowest BCUT2D eigenvalue weighted by Gasteiger charge is -2.26. The number of hydrogen-bond donors (Lipinski definition) is 1. The van der Waals surface area contributed by atoms with Crippen molar-refractivity contribution in [2.24, 2.45) is 0 Å². The molecule has 5 rings (SSSR count). The number of nitro groups is 1. The van der Waals surface area contributed by atoms with Crippen LogP contribution >= 0.6 is 11.6 Å². The van der Waals surface area contributed by atoms with Crippen LogP contribution in [0.3, 0.4) is 0 Å². The van der Waals surface area contributed by atoms with Crippen molar-refractivity contribution >= 4 is 57.7 Å². The Labute approximate surface area is 221 Å². The molecule has 1 saturated heterocycles. The molecule has 0 atom stereocenters. The molecule has 188 valence electrons. The molecule has 1 aliphatic rings. The zero-order valence-corrected chi connectivity index (χ0v) is 20.3. The van der Waals surface area contributed by atoms with Gasteiger partial charge in [-0.25, -0.2) is 9.69 Å². The number of nitrogens with zero attached hydrogens (tertiary/aromatic N) is 2. The first-order chi connectivity index (χ1) is 18.3. The monoisotopic (exact) mass is 527 g/mol. The third kappa shape index (κ3) is 4.82. The summed E-state index contributed by atoms with van der Waals surface area (Å²) < 4.78 is 5.93. The first kappa shape index (κ1) is 24.7. The average Bonchev–Trinajstić information content (AvgIpc) is 2.91. The molecule has 0 radical (unpaired) electrons. The minimum absolute atomic E-state index is 0.0757. The highest BCUT2D eigenvalue weighted by atomic mass is 35.5. The predicted octanol–water partition coefficient (Wildman–Crippen LogP) is 5.65. The van der Waals surface area contributed by atoms with Crippen LogP contribution in [0.15, 0.2) is 90.5 Å². The number of carbonyl (C=O) groups is 3. The van der Waals surface area contributed by atoms with Gasteiger partial charge in [-0.05, 0) is 52.2 Å². The minimum Gasteiger partial charge on any atom is -0.487 e. The Morgan fingerprint density at radius 2 is 1.68 bits per heavy atom. The van der Waals surface area contributed by atoms with E-state index in [1.54, 1.807) is 18.2 Å². The van der Waals surface area contributed by atoms with Gasteiger partial charge in [0.15, 0.2) is 0 Å². The fourth-order valence-electron chi connectivity index (χ4n) is 4.08.